The number of halogens is 1. The third kappa shape index (κ3) is 4.42. The fourth-order valence-corrected chi connectivity index (χ4v) is 5.26. The van der Waals surface area contributed by atoms with Crippen LogP contribution >= 0.6 is 35.9 Å². The van der Waals surface area contributed by atoms with E-state index in [1.165, 1.54) is 23.5 Å². The number of amides is 1. The summed E-state index contributed by atoms with van der Waals surface area (Å²) < 4.78 is 1.61. The summed E-state index contributed by atoms with van der Waals surface area (Å²) in [5, 5.41) is 24.2. The van der Waals surface area contributed by atoms with Crippen LogP contribution in [-0.2, 0) is 16.1 Å². The first-order valence-electron chi connectivity index (χ1n) is 7.78. The number of aryl methyl sites for hydroxylation is 1. The van der Waals surface area contributed by atoms with Gasteiger partial charge in [0.1, 0.15) is 16.8 Å². The number of thioether (sulfide) groups is 2. The van der Waals surface area contributed by atoms with Crippen molar-refractivity contribution in [3.05, 3.63) is 0 Å². The zero-order valence-electron chi connectivity index (χ0n) is 14.8. The Morgan fingerprint density at radius 2 is 2.19 bits per heavy atom. The lowest BCUT2D eigenvalue weighted by Crippen LogP contribution is -2.72. The van der Waals surface area contributed by atoms with E-state index in [0.29, 0.717) is 23.2 Å². The number of rotatable bonds is 5. The largest absolute Gasteiger partial charge is 0.481 e. The second-order valence-corrected chi connectivity index (χ2v) is 7.89. The van der Waals surface area contributed by atoms with Gasteiger partial charge in [-0.1, -0.05) is 11.8 Å². The van der Waals surface area contributed by atoms with E-state index < -0.39 is 17.4 Å². The Morgan fingerprint density at radius 3 is 2.77 bits per heavy atom. The van der Waals surface area contributed by atoms with Gasteiger partial charge in [-0.3, -0.25) is 9.59 Å². The number of nitrogens with zero attached hydrogens (tertiary/aromatic N) is 5. The molecule has 2 saturated heterocycles. The quantitative estimate of drug-likeness (QED) is 0.412. The lowest BCUT2D eigenvalue weighted by Gasteiger charge is -2.52. The number of carboxylic acids is 1. The highest BCUT2D eigenvalue weighted by Crippen LogP contribution is 2.43. The van der Waals surface area contributed by atoms with Crippen molar-refractivity contribution in [2.75, 3.05) is 32.1 Å². The molecule has 0 aromatic carbocycles. The minimum Gasteiger partial charge on any atom is -0.481 e. The van der Waals surface area contributed by atoms with Crippen LogP contribution in [0.25, 0.3) is 0 Å². The molecule has 2 unspecified atom stereocenters. The van der Waals surface area contributed by atoms with Crippen LogP contribution in [0.3, 0.4) is 0 Å². The summed E-state index contributed by atoms with van der Waals surface area (Å²) in [6.45, 7) is 2.72. The summed E-state index contributed by atoms with van der Waals surface area (Å²) in [5.41, 5.74) is 4.73. The van der Waals surface area contributed by atoms with Gasteiger partial charge in [-0.15, -0.1) is 29.3 Å². The summed E-state index contributed by atoms with van der Waals surface area (Å²) in [4.78, 5) is 25.2. The predicted molar refractivity (Wildman–Crippen MR) is 102 cm³/mol. The van der Waals surface area contributed by atoms with Gasteiger partial charge >= 0.3 is 5.97 Å². The molecule has 1 amide bonds. The maximum Gasteiger partial charge on any atom is 0.313 e. The first kappa shape index (κ1) is 23.0. The summed E-state index contributed by atoms with van der Waals surface area (Å²) in [6, 6.07) is -0.503. The van der Waals surface area contributed by atoms with Crippen molar-refractivity contribution in [3.8, 4) is 0 Å². The van der Waals surface area contributed by atoms with E-state index >= 15 is 0 Å². The lowest BCUT2D eigenvalue weighted by molar-refractivity contribution is -0.155. The summed E-state index contributed by atoms with van der Waals surface area (Å²) in [6.07, 6.45) is 0. The molecule has 1 aromatic heterocycles. The minimum atomic E-state index is -1.01. The van der Waals surface area contributed by atoms with Crippen LogP contribution in [0.2, 0.25) is 0 Å². The van der Waals surface area contributed by atoms with Gasteiger partial charge in [0.15, 0.2) is 0 Å². The molecule has 4 N–H and O–H groups in total. The molecular formula is C13H24ClN7O3S2. The maximum absolute atomic E-state index is 11.8. The molecule has 3 heterocycles. The topological polar surface area (TPSA) is 139 Å². The number of nitrogens with one attached hydrogen (secondary N) is 1. The van der Waals surface area contributed by atoms with E-state index in [4.69, 9.17) is 5.73 Å². The number of carbonyl (C=O) groups excluding carboxylic acids is 1. The van der Waals surface area contributed by atoms with E-state index in [0.717, 1.165) is 0 Å². The third-order valence-electron chi connectivity index (χ3n) is 3.92. The highest BCUT2D eigenvalue weighted by atomic mass is 35.5. The van der Waals surface area contributed by atoms with Crippen LogP contribution < -0.4 is 11.1 Å². The molecule has 2 fully saturated rings. The number of β-lactam (4-membered cyclic amide) rings is 1. The minimum absolute atomic E-state index is 0. The normalized spacial score (nSPS) is 26.8. The molecule has 10 nitrogen and oxygen atoms in total. The van der Waals surface area contributed by atoms with Crippen molar-refractivity contribution in [3.63, 3.8) is 0 Å². The van der Waals surface area contributed by atoms with E-state index in [1.54, 1.807) is 9.58 Å². The Hall–Kier alpha value is -1.08. The zero-order valence-corrected chi connectivity index (χ0v) is 17.2. The van der Waals surface area contributed by atoms with Crippen molar-refractivity contribution in [1.82, 2.24) is 30.4 Å². The highest BCUT2D eigenvalue weighted by molar-refractivity contribution is 8.00. The van der Waals surface area contributed by atoms with Crippen LogP contribution in [-0.4, -0.2) is 85.7 Å². The number of aliphatic carboxylic acids is 1. The van der Waals surface area contributed by atoms with Gasteiger partial charge in [0.25, 0.3) is 0 Å². The van der Waals surface area contributed by atoms with Gasteiger partial charge in [-0.2, -0.15) is 0 Å². The molecule has 1 aromatic rings. The van der Waals surface area contributed by atoms with Crippen molar-refractivity contribution in [2.24, 2.45) is 11.1 Å². The molecule has 0 saturated carbocycles. The standard InChI is InChI=1S/C11H16N6O3S2.C2H7N.ClH/c1-2-17-10(13-14-15-17)22-5-11(9(19)20)3-16-7(18)6(12)8(16)21-4-11;1-3-2;/h6,8H,2-5,12H2,1H3,(H,19,20);3H,1-2H3;1H/t6?,8-,11?;;/m1../s1. The monoisotopic (exact) mass is 425 g/mol. The molecule has 2 aliphatic heterocycles. The molecule has 13 heteroatoms. The van der Waals surface area contributed by atoms with Crippen molar-refractivity contribution < 1.29 is 14.7 Å². The number of hydrogen-bond acceptors (Lipinski definition) is 9. The Balaban J connectivity index is 0.000000791. The number of carboxylic acid groups (broad SMARTS) is 1. The summed E-state index contributed by atoms with van der Waals surface area (Å²) >= 11 is 2.74. The van der Waals surface area contributed by atoms with Crippen molar-refractivity contribution >= 4 is 47.8 Å². The van der Waals surface area contributed by atoms with Gasteiger partial charge in [-0.25, -0.2) is 4.68 Å². The molecule has 0 bridgehead atoms. The van der Waals surface area contributed by atoms with Gasteiger partial charge in [0, 0.05) is 24.6 Å². The average Bonchev–Trinajstić information content (AvgIpc) is 3.07. The number of tetrazole rings is 1. The molecule has 0 aliphatic carbocycles. The molecule has 3 rings (SSSR count). The Labute approximate surface area is 166 Å². The molecule has 26 heavy (non-hydrogen) atoms. The Morgan fingerprint density at radius 1 is 1.54 bits per heavy atom. The van der Waals surface area contributed by atoms with Crippen LogP contribution in [0.5, 0.6) is 0 Å². The first-order valence-corrected chi connectivity index (χ1v) is 9.82. The fraction of sp³-hybridized carbons (Fsp3) is 0.769. The number of hydrogen-bond donors (Lipinski definition) is 3. The second-order valence-electron chi connectivity index (χ2n) is 5.84. The smallest absolute Gasteiger partial charge is 0.313 e. The van der Waals surface area contributed by atoms with Gasteiger partial charge in [0.05, 0.1) is 0 Å². The molecule has 3 atom stereocenters. The van der Waals surface area contributed by atoms with Crippen LogP contribution in [0.4, 0.5) is 0 Å². The van der Waals surface area contributed by atoms with Gasteiger partial charge in [-0.05, 0) is 31.4 Å². The first-order chi connectivity index (χ1) is 11.9. The zero-order chi connectivity index (χ0) is 18.6. The van der Waals surface area contributed by atoms with Crippen molar-refractivity contribution in [2.45, 2.75) is 30.0 Å². The van der Waals surface area contributed by atoms with E-state index in [2.05, 4.69) is 20.8 Å². The number of aromatic nitrogens is 4. The van der Waals surface area contributed by atoms with Crippen molar-refractivity contribution in [1.29, 1.82) is 0 Å². The van der Waals surface area contributed by atoms with Gasteiger partial charge < -0.3 is 21.1 Å². The maximum atomic E-state index is 11.8. The van der Waals surface area contributed by atoms with E-state index in [1.807, 2.05) is 21.0 Å². The Bertz CT molecular complexity index is 635. The van der Waals surface area contributed by atoms with Crippen LogP contribution in [0, 0.1) is 5.41 Å². The molecule has 2 aliphatic rings. The molecule has 0 radical (unpaired) electrons. The fourth-order valence-electron chi connectivity index (χ4n) is 2.51. The lowest BCUT2D eigenvalue weighted by atomic mass is 9.89. The second kappa shape index (κ2) is 9.74. The van der Waals surface area contributed by atoms with E-state index in [-0.39, 0.29) is 30.2 Å². The SMILES string of the molecule is CCn1nnnc1SCC1(C(=O)O)CS[C@@H]2C(N)C(=O)N2C1.CNC.Cl. The average molecular weight is 426 g/mol. The summed E-state index contributed by atoms with van der Waals surface area (Å²) in [5.74, 6) is -0.354. The molecular weight excluding hydrogens is 402 g/mol. The van der Waals surface area contributed by atoms with Crippen LogP contribution in [0.15, 0.2) is 5.16 Å². The van der Waals surface area contributed by atoms with Crippen LogP contribution in [0.1, 0.15) is 6.92 Å². The number of nitrogens with two attached hydrogens (primary N) is 1. The predicted octanol–water partition coefficient (Wildman–Crippen LogP) is -0.644. The summed E-state index contributed by atoms with van der Waals surface area (Å²) in [7, 11) is 3.75. The third-order valence-corrected chi connectivity index (χ3v) is 6.77. The Kier molecular flexibility index (Phi) is 8.60. The van der Waals surface area contributed by atoms with Gasteiger partial charge in [0.2, 0.25) is 11.1 Å². The molecule has 148 valence electrons. The highest BCUT2D eigenvalue weighted by Gasteiger charge is 2.55. The number of fused-ring (bicyclic) bond motifs is 1. The number of carbonyl (C=O) groups is 2. The molecule has 0 spiro atoms. The van der Waals surface area contributed by atoms with E-state index in [9.17, 15) is 14.7 Å².